The Bertz CT molecular complexity index is 1650. The highest BCUT2D eigenvalue weighted by Gasteiger charge is 2.27. The Morgan fingerprint density at radius 3 is 2.34 bits per heavy atom. The van der Waals surface area contributed by atoms with Crippen molar-refractivity contribution in [2.75, 3.05) is 5.32 Å². The summed E-state index contributed by atoms with van der Waals surface area (Å²) in [5.74, 6) is 0.415. The second-order valence-electron chi connectivity index (χ2n) is 8.83. The van der Waals surface area contributed by atoms with Gasteiger partial charge < -0.3 is 10.2 Å². The molecule has 0 saturated carbocycles. The van der Waals surface area contributed by atoms with Crippen LogP contribution in [-0.2, 0) is 6.54 Å². The maximum Gasteiger partial charge on any atom is 0.322 e. The Hall–Kier alpha value is -4.13. The van der Waals surface area contributed by atoms with Crippen molar-refractivity contribution in [1.82, 2.24) is 14.5 Å². The minimum Gasteiger partial charge on any atom is -0.310 e. The number of para-hydroxylation sites is 1. The fourth-order valence-corrected chi connectivity index (χ4v) is 4.64. The van der Waals surface area contributed by atoms with Gasteiger partial charge >= 0.3 is 6.03 Å². The molecule has 1 unspecified atom stereocenters. The summed E-state index contributed by atoms with van der Waals surface area (Å²) in [5.41, 5.74) is 2.42. The summed E-state index contributed by atoms with van der Waals surface area (Å²) >= 11 is 12.3. The number of benzene rings is 4. The molecule has 0 aliphatic heterocycles. The van der Waals surface area contributed by atoms with E-state index in [2.05, 4.69) is 5.32 Å². The van der Waals surface area contributed by atoms with E-state index < -0.39 is 6.04 Å². The Labute approximate surface area is 230 Å². The van der Waals surface area contributed by atoms with Gasteiger partial charge in [-0.05, 0) is 67.1 Å². The topological polar surface area (TPSA) is 67.2 Å². The van der Waals surface area contributed by atoms with Crippen molar-refractivity contribution < 1.29 is 4.79 Å². The third-order valence-corrected chi connectivity index (χ3v) is 6.75. The molecule has 0 spiro atoms. The third-order valence-electron chi connectivity index (χ3n) is 6.26. The minimum atomic E-state index is -0.598. The largest absolute Gasteiger partial charge is 0.322 e. The van der Waals surface area contributed by atoms with Gasteiger partial charge in [-0.15, -0.1) is 0 Å². The van der Waals surface area contributed by atoms with Crippen molar-refractivity contribution in [2.45, 2.75) is 19.5 Å². The van der Waals surface area contributed by atoms with Crippen molar-refractivity contribution in [3.63, 3.8) is 0 Å². The lowest BCUT2D eigenvalue weighted by Crippen LogP contribution is -2.39. The lowest BCUT2D eigenvalue weighted by Gasteiger charge is -2.31. The zero-order chi connectivity index (χ0) is 26.6. The van der Waals surface area contributed by atoms with E-state index in [0.29, 0.717) is 44.7 Å². The Morgan fingerprint density at radius 1 is 0.895 bits per heavy atom. The summed E-state index contributed by atoms with van der Waals surface area (Å²) in [6.45, 7) is 2.15. The zero-order valence-corrected chi connectivity index (χ0v) is 22.0. The molecule has 1 aromatic heterocycles. The van der Waals surface area contributed by atoms with Gasteiger partial charge in [0.05, 0.1) is 22.6 Å². The molecule has 0 radical (unpaired) electrons. The zero-order valence-electron chi connectivity index (χ0n) is 20.5. The summed E-state index contributed by atoms with van der Waals surface area (Å²) in [6, 6.07) is 29.8. The highest BCUT2D eigenvalue weighted by molar-refractivity contribution is 6.31. The van der Waals surface area contributed by atoms with E-state index in [4.69, 9.17) is 28.2 Å². The van der Waals surface area contributed by atoms with E-state index in [9.17, 15) is 9.59 Å². The van der Waals surface area contributed by atoms with E-state index in [-0.39, 0.29) is 11.6 Å². The molecule has 1 atom stereocenters. The molecule has 5 aromatic rings. The first-order chi connectivity index (χ1) is 18.4. The maximum atomic E-state index is 13.8. The van der Waals surface area contributed by atoms with E-state index in [1.165, 1.54) is 4.57 Å². The summed E-state index contributed by atoms with van der Waals surface area (Å²) in [5, 5.41) is 4.49. The van der Waals surface area contributed by atoms with Gasteiger partial charge in [0.15, 0.2) is 0 Å². The number of anilines is 1. The van der Waals surface area contributed by atoms with Gasteiger partial charge in [-0.3, -0.25) is 9.36 Å². The van der Waals surface area contributed by atoms with Crippen molar-refractivity contribution >= 4 is 45.8 Å². The Morgan fingerprint density at radius 2 is 1.61 bits per heavy atom. The number of rotatable bonds is 6. The molecule has 0 saturated heterocycles. The van der Waals surface area contributed by atoms with E-state index in [1.807, 2.05) is 43.3 Å². The molecule has 2 amide bonds. The van der Waals surface area contributed by atoms with Crippen LogP contribution in [0.2, 0.25) is 10.0 Å². The van der Waals surface area contributed by atoms with Crippen LogP contribution in [0.3, 0.4) is 0 Å². The van der Waals surface area contributed by atoms with Crippen molar-refractivity contribution in [3.05, 3.63) is 135 Å². The predicted molar refractivity (Wildman–Crippen MR) is 153 cm³/mol. The molecule has 4 aromatic carbocycles. The van der Waals surface area contributed by atoms with Crippen LogP contribution < -0.4 is 10.9 Å². The summed E-state index contributed by atoms with van der Waals surface area (Å²) in [4.78, 5) is 34.0. The molecule has 0 aliphatic rings. The normalized spacial score (nSPS) is 11.8. The quantitative estimate of drug-likeness (QED) is 0.241. The van der Waals surface area contributed by atoms with E-state index in [0.717, 1.165) is 5.56 Å². The molecule has 0 fully saturated rings. The number of aromatic nitrogens is 2. The second kappa shape index (κ2) is 11.1. The van der Waals surface area contributed by atoms with Gasteiger partial charge in [0.25, 0.3) is 5.56 Å². The van der Waals surface area contributed by atoms with Gasteiger partial charge in [0.1, 0.15) is 5.82 Å². The number of fused-ring (bicyclic) bond motifs is 1. The molecule has 0 bridgehead atoms. The van der Waals surface area contributed by atoms with Crippen LogP contribution in [0.1, 0.15) is 24.4 Å². The van der Waals surface area contributed by atoms with Gasteiger partial charge in [-0.2, -0.15) is 0 Å². The molecular weight excluding hydrogens is 519 g/mol. The molecule has 1 heterocycles. The average molecular weight is 543 g/mol. The van der Waals surface area contributed by atoms with E-state index >= 15 is 0 Å². The highest BCUT2D eigenvalue weighted by Crippen LogP contribution is 2.26. The molecule has 1 N–H and O–H groups in total. The van der Waals surface area contributed by atoms with E-state index in [1.54, 1.807) is 71.6 Å². The van der Waals surface area contributed by atoms with Crippen LogP contribution in [0.15, 0.2) is 108 Å². The van der Waals surface area contributed by atoms with Gasteiger partial charge in [-0.1, -0.05) is 71.7 Å². The Kier molecular flexibility index (Phi) is 7.45. The number of amides is 2. The number of nitrogens with one attached hydrogen (secondary N) is 1. The molecule has 5 rings (SSSR count). The van der Waals surface area contributed by atoms with Crippen LogP contribution in [0.5, 0.6) is 0 Å². The third kappa shape index (κ3) is 5.42. The molecule has 8 heteroatoms. The molecule has 190 valence electrons. The standard InChI is InChI=1S/C30H24Cl2N4O2/c1-20(35(19-21-8-3-2-4-9-21)30(38)33-24-16-14-22(31)15-17-24)28-34-27-13-6-5-12-26(27)29(37)36(28)25-11-7-10-23(32)18-25/h2-18,20H,19H2,1H3,(H,33,38). The van der Waals surface area contributed by atoms with Crippen molar-refractivity contribution in [3.8, 4) is 5.69 Å². The summed E-state index contributed by atoms with van der Waals surface area (Å²) in [6.07, 6.45) is 0. The lowest BCUT2D eigenvalue weighted by molar-refractivity contribution is 0.185. The first-order valence-corrected chi connectivity index (χ1v) is 12.8. The molecule has 0 aliphatic carbocycles. The number of hydrogen-bond acceptors (Lipinski definition) is 3. The minimum absolute atomic E-state index is 0.238. The van der Waals surface area contributed by atoms with Crippen molar-refractivity contribution in [1.29, 1.82) is 0 Å². The number of halogens is 2. The molecule has 6 nitrogen and oxygen atoms in total. The number of carbonyl (C=O) groups is 1. The van der Waals surface area contributed by atoms with Crippen LogP contribution in [0.25, 0.3) is 16.6 Å². The Balaban J connectivity index is 1.64. The van der Waals surface area contributed by atoms with Crippen LogP contribution in [-0.4, -0.2) is 20.5 Å². The van der Waals surface area contributed by atoms with Crippen LogP contribution >= 0.6 is 23.2 Å². The smallest absolute Gasteiger partial charge is 0.310 e. The van der Waals surface area contributed by atoms with Crippen molar-refractivity contribution in [2.24, 2.45) is 0 Å². The molecular formula is C30H24Cl2N4O2. The summed E-state index contributed by atoms with van der Waals surface area (Å²) < 4.78 is 1.53. The number of urea groups is 1. The van der Waals surface area contributed by atoms with Crippen LogP contribution in [0.4, 0.5) is 10.5 Å². The number of hydrogen-bond donors (Lipinski definition) is 1. The SMILES string of the molecule is CC(c1nc2ccccc2c(=O)n1-c1cccc(Cl)c1)N(Cc1ccccc1)C(=O)Nc1ccc(Cl)cc1. The van der Waals surface area contributed by atoms with Gasteiger partial charge in [0, 0.05) is 22.3 Å². The predicted octanol–water partition coefficient (Wildman–Crippen LogP) is 7.49. The van der Waals surface area contributed by atoms with Crippen LogP contribution in [0, 0.1) is 0 Å². The lowest BCUT2D eigenvalue weighted by atomic mass is 10.1. The number of nitrogens with zero attached hydrogens (tertiary/aromatic N) is 3. The fraction of sp³-hybridized carbons (Fsp3) is 0.100. The number of carbonyl (C=O) groups excluding carboxylic acids is 1. The molecule has 38 heavy (non-hydrogen) atoms. The maximum absolute atomic E-state index is 13.8. The first kappa shape index (κ1) is 25.5. The average Bonchev–Trinajstić information content (AvgIpc) is 2.93. The van der Waals surface area contributed by atoms with Gasteiger partial charge in [-0.25, -0.2) is 9.78 Å². The van der Waals surface area contributed by atoms with Gasteiger partial charge in [0.2, 0.25) is 0 Å². The first-order valence-electron chi connectivity index (χ1n) is 12.1. The summed E-state index contributed by atoms with van der Waals surface area (Å²) in [7, 11) is 0. The highest BCUT2D eigenvalue weighted by atomic mass is 35.5. The fourth-order valence-electron chi connectivity index (χ4n) is 4.33. The second-order valence-corrected chi connectivity index (χ2v) is 9.71. The monoisotopic (exact) mass is 542 g/mol.